The lowest BCUT2D eigenvalue weighted by molar-refractivity contribution is -0.113. The zero-order chi connectivity index (χ0) is 19.4. The second-order valence-corrected chi connectivity index (χ2v) is 6.72. The number of imidazole rings is 1. The second kappa shape index (κ2) is 8.07. The number of anilines is 2. The number of aryl methyl sites for hydroxylation is 1. The number of rotatable bonds is 5. The molecule has 0 radical (unpaired) electrons. The molecule has 2 amide bonds. The van der Waals surface area contributed by atoms with E-state index in [1.807, 2.05) is 17.8 Å². The minimum atomic E-state index is -0.188. The van der Waals surface area contributed by atoms with Crippen molar-refractivity contribution in [3.8, 4) is 0 Å². The Bertz CT molecular complexity index is 819. The number of nitrogens with one attached hydrogen (secondary N) is 1. The highest BCUT2D eigenvalue weighted by atomic mass is 16.2. The molecule has 1 aliphatic rings. The lowest BCUT2D eigenvalue weighted by Crippen LogP contribution is -2.45. The van der Waals surface area contributed by atoms with Gasteiger partial charge in [-0.25, -0.2) is 4.98 Å². The third kappa shape index (κ3) is 4.19. The van der Waals surface area contributed by atoms with Gasteiger partial charge in [-0.2, -0.15) is 0 Å². The number of likely N-dealkylation sites (N-methyl/N-ethyl adjacent to an activating group) is 1. The molecule has 0 aliphatic carbocycles. The first kappa shape index (κ1) is 18.7. The summed E-state index contributed by atoms with van der Waals surface area (Å²) in [7, 11) is 3.66. The van der Waals surface area contributed by atoms with E-state index in [1.165, 1.54) is 11.0 Å². The first-order chi connectivity index (χ1) is 13.0. The van der Waals surface area contributed by atoms with Gasteiger partial charge in [-0.15, -0.1) is 0 Å². The van der Waals surface area contributed by atoms with Gasteiger partial charge < -0.3 is 19.7 Å². The lowest BCUT2D eigenvalue weighted by atomic mass is 10.0. The van der Waals surface area contributed by atoms with E-state index in [-0.39, 0.29) is 17.9 Å². The molecule has 27 heavy (non-hydrogen) atoms. The molecule has 1 N–H and O–H groups in total. The van der Waals surface area contributed by atoms with E-state index in [9.17, 15) is 9.59 Å². The van der Waals surface area contributed by atoms with Crippen molar-refractivity contribution in [3.63, 3.8) is 0 Å². The molecular formula is C20H25N5O2. The van der Waals surface area contributed by atoms with Gasteiger partial charge in [-0.05, 0) is 43.2 Å². The smallest absolute Gasteiger partial charge is 0.251 e. The quantitative estimate of drug-likeness (QED) is 0.821. The van der Waals surface area contributed by atoms with E-state index in [0.29, 0.717) is 5.56 Å². The van der Waals surface area contributed by atoms with Crippen molar-refractivity contribution in [1.82, 2.24) is 14.9 Å². The van der Waals surface area contributed by atoms with Gasteiger partial charge in [0.25, 0.3) is 5.91 Å². The molecule has 142 valence electrons. The molecule has 0 spiro atoms. The Morgan fingerprint density at radius 3 is 2.48 bits per heavy atom. The minimum absolute atomic E-state index is 0.0882. The highest BCUT2D eigenvalue weighted by Gasteiger charge is 2.23. The van der Waals surface area contributed by atoms with Gasteiger partial charge in [0, 0.05) is 56.9 Å². The number of nitrogens with zero attached hydrogens (tertiary/aromatic N) is 4. The van der Waals surface area contributed by atoms with Crippen molar-refractivity contribution >= 4 is 23.5 Å². The molecular weight excluding hydrogens is 342 g/mol. The van der Waals surface area contributed by atoms with Crippen LogP contribution < -0.4 is 15.1 Å². The van der Waals surface area contributed by atoms with Gasteiger partial charge >= 0.3 is 0 Å². The van der Waals surface area contributed by atoms with Crippen LogP contribution in [0.1, 0.15) is 23.2 Å². The molecule has 7 heteroatoms. The SMILES string of the molecule is C=CC(=O)N(C)c1ccc(C(=O)NC2CCN(c3nccn3C)CC2)cc1. The van der Waals surface area contributed by atoms with Crippen molar-refractivity contribution in [1.29, 1.82) is 0 Å². The summed E-state index contributed by atoms with van der Waals surface area (Å²) in [6, 6.07) is 7.15. The predicted molar refractivity (Wildman–Crippen MR) is 106 cm³/mol. The maximum absolute atomic E-state index is 12.5. The summed E-state index contributed by atoms with van der Waals surface area (Å²) < 4.78 is 2.01. The van der Waals surface area contributed by atoms with Gasteiger partial charge in [0.2, 0.25) is 11.9 Å². The number of aromatic nitrogens is 2. The fraction of sp³-hybridized carbons (Fsp3) is 0.350. The highest BCUT2D eigenvalue weighted by molar-refractivity contribution is 6.01. The van der Waals surface area contributed by atoms with E-state index in [2.05, 4.69) is 21.8 Å². The van der Waals surface area contributed by atoms with E-state index in [4.69, 9.17) is 0 Å². The molecule has 0 saturated carbocycles. The third-order valence-corrected chi connectivity index (χ3v) is 4.93. The molecule has 3 rings (SSSR count). The summed E-state index contributed by atoms with van der Waals surface area (Å²) in [5, 5.41) is 3.11. The molecule has 2 aromatic rings. The summed E-state index contributed by atoms with van der Waals surface area (Å²) in [6.07, 6.45) is 6.76. The van der Waals surface area contributed by atoms with Gasteiger partial charge in [0.1, 0.15) is 0 Å². The van der Waals surface area contributed by atoms with E-state index < -0.39 is 0 Å². The maximum atomic E-state index is 12.5. The molecule has 0 atom stereocenters. The summed E-state index contributed by atoms with van der Waals surface area (Å²) >= 11 is 0. The summed E-state index contributed by atoms with van der Waals surface area (Å²) in [4.78, 5) is 32.3. The Morgan fingerprint density at radius 1 is 1.26 bits per heavy atom. The third-order valence-electron chi connectivity index (χ3n) is 4.93. The molecule has 0 bridgehead atoms. The number of hydrogen-bond acceptors (Lipinski definition) is 4. The van der Waals surface area contributed by atoms with Crippen molar-refractivity contribution in [3.05, 3.63) is 54.9 Å². The molecule has 1 saturated heterocycles. The van der Waals surface area contributed by atoms with Crippen LogP contribution in [0.4, 0.5) is 11.6 Å². The molecule has 1 aromatic carbocycles. The van der Waals surface area contributed by atoms with Crippen molar-refractivity contribution in [2.75, 3.05) is 29.9 Å². The standard InChI is InChI=1S/C20H25N5O2/c1-4-18(26)24(3)17-7-5-15(6-8-17)19(27)22-16-9-12-25(13-10-16)20-21-11-14-23(20)2/h4-8,11,14,16H,1,9-10,12-13H2,2-3H3,(H,22,27). The topological polar surface area (TPSA) is 70.5 Å². The zero-order valence-corrected chi connectivity index (χ0v) is 15.8. The summed E-state index contributed by atoms with van der Waals surface area (Å²) in [6.45, 7) is 5.21. The molecule has 1 aromatic heterocycles. The number of amides is 2. The monoisotopic (exact) mass is 367 g/mol. The van der Waals surface area contributed by atoms with Crippen LogP contribution in [0.3, 0.4) is 0 Å². The Labute approximate surface area is 159 Å². The van der Waals surface area contributed by atoms with E-state index >= 15 is 0 Å². The Morgan fingerprint density at radius 2 is 1.93 bits per heavy atom. The Kier molecular flexibility index (Phi) is 5.59. The van der Waals surface area contributed by atoms with Crippen LogP contribution in [0.5, 0.6) is 0 Å². The van der Waals surface area contributed by atoms with Crippen molar-refractivity contribution in [2.24, 2.45) is 7.05 Å². The summed E-state index contributed by atoms with van der Waals surface area (Å²) in [5.41, 5.74) is 1.31. The molecule has 1 aliphatic heterocycles. The first-order valence-corrected chi connectivity index (χ1v) is 9.03. The molecule has 1 fully saturated rings. The zero-order valence-electron chi connectivity index (χ0n) is 15.8. The normalized spacial score (nSPS) is 14.7. The van der Waals surface area contributed by atoms with Crippen LogP contribution in [-0.2, 0) is 11.8 Å². The van der Waals surface area contributed by atoms with Gasteiger partial charge in [-0.3, -0.25) is 9.59 Å². The van der Waals surface area contributed by atoms with Crippen LogP contribution in [0.25, 0.3) is 0 Å². The van der Waals surface area contributed by atoms with Crippen LogP contribution >= 0.6 is 0 Å². The van der Waals surface area contributed by atoms with E-state index in [0.717, 1.165) is 37.6 Å². The molecule has 7 nitrogen and oxygen atoms in total. The highest BCUT2D eigenvalue weighted by Crippen LogP contribution is 2.18. The number of carbonyl (C=O) groups excluding carboxylic acids is 2. The Hall–Kier alpha value is -3.09. The second-order valence-electron chi connectivity index (χ2n) is 6.72. The van der Waals surface area contributed by atoms with Gasteiger partial charge in [-0.1, -0.05) is 6.58 Å². The number of carbonyl (C=O) groups is 2. The maximum Gasteiger partial charge on any atom is 0.251 e. The summed E-state index contributed by atoms with van der Waals surface area (Å²) in [5.74, 6) is 0.690. The van der Waals surface area contributed by atoms with E-state index in [1.54, 1.807) is 37.5 Å². The predicted octanol–water partition coefficient (Wildman–Crippen LogP) is 1.97. The number of piperidine rings is 1. The fourth-order valence-corrected chi connectivity index (χ4v) is 3.26. The number of hydrogen-bond donors (Lipinski definition) is 1. The molecule has 2 heterocycles. The fourth-order valence-electron chi connectivity index (χ4n) is 3.26. The van der Waals surface area contributed by atoms with Crippen molar-refractivity contribution in [2.45, 2.75) is 18.9 Å². The average Bonchev–Trinajstić information content (AvgIpc) is 3.13. The average molecular weight is 367 g/mol. The van der Waals surface area contributed by atoms with Crippen LogP contribution in [-0.4, -0.2) is 47.5 Å². The minimum Gasteiger partial charge on any atom is -0.349 e. The first-order valence-electron chi connectivity index (χ1n) is 9.03. The van der Waals surface area contributed by atoms with Gasteiger partial charge in [0.05, 0.1) is 0 Å². The van der Waals surface area contributed by atoms with Crippen LogP contribution in [0.15, 0.2) is 49.3 Å². The van der Waals surface area contributed by atoms with Crippen molar-refractivity contribution < 1.29 is 9.59 Å². The molecule has 0 unspecified atom stereocenters. The Balaban J connectivity index is 1.54. The largest absolute Gasteiger partial charge is 0.349 e. The van der Waals surface area contributed by atoms with Crippen LogP contribution in [0, 0.1) is 0 Å². The lowest BCUT2D eigenvalue weighted by Gasteiger charge is -2.33. The van der Waals surface area contributed by atoms with Crippen LogP contribution in [0.2, 0.25) is 0 Å². The van der Waals surface area contributed by atoms with Gasteiger partial charge in [0.15, 0.2) is 0 Å². The number of benzene rings is 1.